The number of methoxy groups -OCH3 is 1. The summed E-state index contributed by atoms with van der Waals surface area (Å²) < 4.78 is 10.8. The molecule has 0 aliphatic rings. The van der Waals surface area contributed by atoms with E-state index in [1.807, 2.05) is 49.4 Å². The average molecular weight is 389 g/mol. The van der Waals surface area contributed by atoms with Crippen LogP contribution >= 0.6 is 11.8 Å². The third kappa shape index (κ3) is 6.96. The van der Waals surface area contributed by atoms with Gasteiger partial charge in [-0.1, -0.05) is 43.0 Å². The van der Waals surface area contributed by atoms with Gasteiger partial charge in [-0.2, -0.15) is 0 Å². The Morgan fingerprint density at radius 3 is 2.63 bits per heavy atom. The number of ether oxygens (including phenoxy) is 2. The highest BCUT2D eigenvalue weighted by Gasteiger charge is 2.11. The lowest BCUT2D eigenvalue weighted by Gasteiger charge is -2.14. The van der Waals surface area contributed by atoms with Crippen molar-refractivity contribution in [3.63, 3.8) is 0 Å². The van der Waals surface area contributed by atoms with Crippen LogP contribution in [-0.2, 0) is 11.2 Å². The molecule has 0 aromatic heterocycles. The molecule has 0 saturated carbocycles. The highest BCUT2D eigenvalue weighted by molar-refractivity contribution is 8.14. The second kappa shape index (κ2) is 10.6. The van der Waals surface area contributed by atoms with E-state index in [1.54, 1.807) is 13.2 Å². The first kappa shape index (κ1) is 20.8. The summed E-state index contributed by atoms with van der Waals surface area (Å²) in [7, 11) is 1.58. The number of amides is 2. The Morgan fingerprint density at radius 2 is 1.96 bits per heavy atom. The zero-order valence-electron chi connectivity index (χ0n) is 15.3. The van der Waals surface area contributed by atoms with Gasteiger partial charge in [0, 0.05) is 5.25 Å². The van der Waals surface area contributed by atoms with Gasteiger partial charge in [0.05, 0.1) is 7.11 Å². The number of rotatable bonds is 9. The molecule has 0 radical (unpaired) electrons. The first-order valence-electron chi connectivity index (χ1n) is 8.46. The summed E-state index contributed by atoms with van der Waals surface area (Å²) >= 11 is 1.08. The maximum atomic E-state index is 11.4. The minimum absolute atomic E-state index is 0.0339. The van der Waals surface area contributed by atoms with E-state index >= 15 is 0 Å². The summed E-state index contributed by atoms with van der Waals surface area (Å²) in [4.78, 5) is 21.6. The van der Waals surface area contributed by atoms with Gasteiger partial charge in [0.1, 0.15) is 24.2 Å². The molecule has 7 heteroatoms. The van der Waals surface area contributed by atoms with Gasteiger partial charge in [-0.25, -0.2) is 0 Å². The van der Waals surface area contributed by atoms with Gasteiger partial charge < -0.3 is 14.6 Å². The van der Waals surface area contributed by atoms with Crippen LogP contribution in [0.3, 0.4) is 0 Å². The molecule has 2 aromatic carbocycles. The highest BCUT2D eigenvalue weighted by atomic mass is 32.2. The van der Waals surface area contributed by atoms with Crippen LogP contribution in [0.15, 0.2) is 48.5 Å². The number of aliphatic hydroxyl groups is 1. The van der Waals surface area contributed by atoms with Crippen LogP contribution in [0.25, 0.3) is 0 Å². The number of hydrogen-bond acceptors (Lipinski definition) is 6. The third-order valence-electron chi connectivity index (χ3n) is 3.82. The summed E-state index contributed by atoms with van der Waals surface area (Å²) in [6, 6.07) is 14.7. The number of benzene rings is 2. The van der Waals surface area contributed by atoms with E-state index in [0.717, 1.165) is 22.9 Å². The Hall–Kier alpha value is -2.51. The van der Waals surface area contributed by atoms with Gasteiger partial charge >= 0.3 is 0 Å². The lowest BCUT2D eigenvalue weighted by molar-refractivity contribution is -0.108. The molecular weight excluding hydrogens is 366 g/mol. The zero-order valence-corrected chi connectivity index (χ0v) is 16.1. The van der Waals surface area contributed by atoms with Gasteiger partial charge in [-0.05, 0) is 41.8 Å². The molecule has 2 rings (SSSR count). The number of thioether (sulfide) groups is 1. The predicted molar refractivity (Wildman–Crippen MR) is 105 cm³/mol. The summed E-state index contributed by atoms with van der Waals surface area (Å²) in [5, 5.41) is 12.0. The first-order valence-corrected chi connectivity index (χ1v) is 9.34. The standard InChI is InChI=1S/C20H23NO5S/c1-14(27-20(24)21-13-22)10-15-6-8-17(9-7-15)26-12-19(23)16-4-3-5-18(11-16)25-2/h3-9,11,13-14,19,23H,10,12H2,1-2H3,(H,21,22,24). The van der Waals surface area contributed by atoms with Crippen molar-refractivity contribution >= 4 is 23.4 Å². The molecule has 0 heterocycles. The topological polar surface area (TPSA) is 84.9 Å². The van der Waals surface area contributed by atoms with Gasteiger partial charge in [0.15, 0.2) is 0 Å². The van der Waals surface area contributed by atoms with Crippen LogP contribution in [0.5, 0.6) is 11.5 Å². The molecule has 0 aliphatic heterocycles. The SMILES string of the molecule is COc1cccc(C(O)COc2ccc(CC(C)SC(=O)NC=O)cc2)c1. The lowest BCUT2D eigenvalue weighted by atomic mass is 10.1. The molecular formula is C20H23NO5S. The Bertz CT molecular complexity index is 750. The monoisotopic (exact) mass is 389 g/mol. The van der Waals surface area contributed by atoms with Crippen LogP contribution < -0.4 is 14.8 Å². The van der Waals surface area contributed by atoms with E-state index in [-0.39, 0.29) is 17.1 Å². The number of carbonyl (C=O) groups excluding carboxylic acids is 2. The first-order chi connectivity index (χ1) is 13.0. The van der Waals surface area contributed by atoms with E-state index in [1.165, 1.54) is 0 Å². The Balaban J connectivity index is 1.84. The van der Waals surface area contributed by atoms with Gasteiger partial charge in [0.25, 0.3) is 5.24 Å². The molecule has 0 bridgehead atoms. The van der Waals surface area contributed by atoms with Crippen molar-refractivity contribution in [1.29, 1.82) is 0 Å². The number of imide groups is 1. The Kier molecular flexibility index (Phi) is 8.16. The summed E-state index contributed by atoms with van der Waals surface area (Å²) in [5.74, 6) is 1.34. The minimum Gasteiger partial charge on any atom is -0.497 e. The van der Waals surface area contributed by atoms with E-state index in [4.69, 9.17) is 9.47 Å². The van der Waals surface area contributed by atoms with E-state index < -0.39 is 6.10 Å². The maximum absolute atomic E-state index is 11.4. The Labute approximate surface area is 162 Å². The highest BCUT2D eigenvalue weighted by Crippen LogP contribution is 2.22. The summed E-state index contributed by atoms with van der Waals surface area (Å²) in [6.07, 6.45) is 0.310. The normalized spacial score (nSPS) is 12.7. The van der Waals surface area contributed by atoms with Crippen molar-refractivity contribution in [3.8, 4) is 11.5 Å². The van der Waals surface area contributed by atoms with E-state index in [9.17, 15) is 14.7 Å². The van der Waals surface area contributed by atoms with Crippen LogP contribution in [0.4, 0.5) is 4.79 Å². The quantitative estimate of drug-likeness (QED) is 0.640. The molecule has 6 nitrogen and oxygen atoms in total. The molecule has 144 valence electrons. The van der Waals surface area contributed by atoms with E-state index in [0.29, 0.717) is 24.3 Å². The largest absolute Gasteiger partial charge is 0.497 e. The summed E-state index contributed by atoms with van der Waals surface area (Å²) in [6.45, 7) is 2.05. The Morgan fingerprint density at radius 1 is 1.22 bits per heavy atom. The molecule has 0 saturated heterocycles. The van der Waals surface area contributed by atoms with Gasteiger partial charge in [-0.3, -0.25) is 14.9 Å². The van der Waals surface area contributed by atoms with Crippen LogP contribution in [-0.4, -0.2) is 35.7 Å². The van der Waals surface area contributed by atoms with Crippen molar-refractivity contribution in [2.75, 3.05) is 13.7 Å². The molecule has 0 spiro atoms. The van der Waals surface area contributed by atoms with Crippen molar-refractivity contribution in [1.82, 2.24) is 5.32 Å². The number of carbonyl (C=O) groups is 2. The van der Waals surface area contributed by atoms with E-state index in [2.05, 4.69) is 5.32 Å². The maximum Gasteiger partial charge on any atom is 0.285 e. The molecule has 0 aliphatic carbocycles. The number of hydrogen-bond donors (Lipinski definition) is 2. The average Bonchev–Trinajstić information content (AvgIpc) is 2.67. The van der Waals surface area contributed by atoms with Gasteiger partial charge in [0.2, 0.25) is 6.41 Å². The fourth-order valence-electron chi connectivity index (χ4n) is 2.48. The molecule has 2 aromatic rings. The number of aliphatic hydroxyl groups excluding tert-OH is 1. The van der Waals surface area contributed by atoms with Crippen molar-refractivity contribution < 1.29 is 24.2 Å². The van der Waals surface area contributed by atoms with Crippen molar-refractivity contribution in [3.05, 3.63) is 59.7 Å². The minimum atomic E-state index is -0.757. The smallest absolute Gasteiger partial charge is 0.285 e. The van der Waals surface area contributed by atoms with Crippen LogP contribution in [0.1, 0.15) is 24.2 Å². The lowest BCUT2D eigenvalue weighted by Crippen LogP contribution is -2.19. The predicted octanol–water partition coefficient (Wildman–Crippen LogP) is 3.34. The second-order valence-electron chi connectivity index (χ2n) is 5.93. The molecule has 0 fully saturated rings. The molecule has 2 N–H and O–H groups in total. The summed E-state index contributed by atoms with van der Waals surface area (Å²) in [5.41, 5.74) is 1.78. The zero-order chi connectivity index (χ0) is 19.6. The van der Waals surface area contributed by atoms with Gasteiger partial charge in [-0.15, -0.1) is 0 Å². The second-order valence-corrected chi connectivity index (χ2v) is 7.34. The number of nitrogens with one attached hydrogen (secondary N) is 1. The molecule has 2 atom stereocenters. The van der Waals surface area contributed by atoms with Crippen molar-refractivity contribution in [2.24, 2.45) is 0 Å². The molecule has 2 amide bonds. The fraction of sp³-hybridized carbons (Fsp3) is 0.300. The van der Waals surface area contributed by atoms with Crippen LogP contribution in [0.2, 0.25) is 0 Å². The fourth-order valence-corrected chi connectivity index (χ4v) is 3.24. The third-order valence-corrected chi connectivity index (χ3v) is 4.72. The van der Waals surface area contributed by atoms with Crippen molar-refractivity contribution in [2.45, 2.75) is 24.7 Å². The van der Waals surface area contributed by atoms with Crippen LogP contribution in [0, 0.1) is 0 Å². The molecule has 27 heavy (non-hydrogen) atoms. The molecule has 2 unspecified atom stereocenters.